The average Bonchev–Trinajstić information content (AvgIpc) is 2.47. The van der Waals surface area contributed by atoms with E-state index < -0.39 is 0 Å². The smallest absolute Gasteiger partial charge is 0.253 e. The Kier molecular flexibility index (Phi) is 4.24. The van der Waals surface area contributed by atoms with Gasteiger partial charge in [-0.25, -0.2) is 0 Å². The van der Waals surface area contributed by atoms with Crippen LogP contribution in [0.2, 0.25) is 0 Å². The molecule has 1 amide bonds. The van der Waals surface area contributed by atoms with Gasteiger partial charge in [-0.3, -0.25) is 4.79 Å². The molecule has 98 valence electrons. The molecule has 3 nitrogen and oxygen atoms in total. The lowest BCUT2D eigenvalue weighted by atomic mass is 9.94. The number of carbonyl (C=O) groups is 1. The number of anilines is 1. The number of nitrogens with zero attached hydrogens (tertiary/aromatic N) is 1. The summed E-state index contributed by atoms with van der Waals surface area (Å²) in [6, 6.07) is 7.71. The van der Waals surface area contributed by atoms with Crippen molar-refractivity contribution in [2.24, 2.45) is 5.92 Å². The minimum atomic E-state index is 0.173. The van der Waals surface area contributed by atoms with E-state index in [2.05, 4.69) is 12.2 Å². The van der Waals surface area contributed by atoms with Crippen LogP contribution < -0.4 is 5.32 Å². The Labute approximate surface area is 109 Å². The molecule has 1 heterocycles. The summed E-state index contributed by atoms with van der Waals surface area (Å²) in [5.74, 6) is 0.980. The molecular weight excluding hydrogens is 224 g/mol. The number of amides is 1. The fourth-order valence-electron chi connectivity index (χ4n) is 2.51. The summed E-state index contributed by atoms with van der Waals surface area (Å²) < 4.78 is 0. The molecule has 0 atom stereocenters. The number of nitrogens with one attached hydrogen (secondary N) is 1. The fourth-order valence-corrected chi connectivity index (χ4v) is 2.51. The molecule has 1 aliphatic rings. The van der Waals surface area contributed by atoms with Crippen LogP contribution in [0.5, 0.6) is 0 Å². The maximum absolute atomic E-state index is 12.3. The van der Waals surface area contributed by atoms with Gasteiger partial charge >= 0.3 is 0 Å². The van der Waals surface area contributed by atoms with Gasteiger partial charge in [-0.15, -0.1) is 0 Å². The second-order valence-electron chi connectivity index (χ2n) is 4.97. The number of hydrogen-bond acceptors (Lipinski definition) is 2. The van der Waals surface area contributed by atoms with E-state index in [1.807, 2.05) is 36.2 Å². The topological polar surface area (TPSA) is 32.3 Å². The SMILES string of the molecule is CCC1CCN(C(=O)c2ccc(NC)cc2)CC1. The Hall–Kier alpha value is -1.51. The van der Waals surface area contributed by atoms with Crippen molar-refractivity contribution in [1.29, 1.82) is 0 Å². The molecule has 1 fully saturated rings. The zero-order valence-electron chi connectivity index (χ0n) is 11.3. The monoisotopic (exact) mass is 246 g/mol. The highest BCUT2D eigenvalue weighted by Gasteiger charge is 2.22. The second-order valence-corrected chi connectivity index (χ2v) is 4.97. The van der Waals surface area contributed by atoms with Crippen molar-refractivity contribution in [1.82, 2.24) is 4.90 Å². The lowest BCUT2D eigenvalue weighted by molar-refractivity contribution is 0.0689. The highest BCUT2D eigenvalue weighted by Crippen LogP contribution is 2.21. The average molecular weight is 246 g/mol. The van der Waals surface area contributed by atoms with Gasteiger partial charge in [0.05, 0.1) is 0 Å². The molecule has 0 aliphatic carbocycles. The van der Waals surface area contributed by atoms with Gasteiger partial charge in [-0.1, -0.05) is 13.3 Å². The first-order valence-corrected chi connectivity index (χ1v) is 6.81. The lowest BCUT2D eigenvalue weighted by Crippen LogP contribution is -2.38. The highest BCUT2D eigenvalue weighted by molar-refractivity contribution is 5.94. The first kappa shape index (κ1) is 12.9. The summed E-state index contributed by atoms with van der Waals surface area (Å²) >= 11 is 0. The van der Waals surface area contributed by atoms with Gasteiger partial charge in [0.2, 0.25) is 0 Å². The van der Waals surface area contributed by atoms with Crippen LogP contribution in [0.25, 0.3) is 0 Å². The number of likely N-dealkylation sites (tertiary alicyclic amines) is 1. The van der Waals surface area contributed by atoms with Crippen LogP contribution in [0.1, 0.15) is 36.5 Å². The minimum Gasteiger partial charge on any atom is -0.388 e. The van der Waals surface area contributed by atoms with Crippen LogP contribution in [0.4, 0.5) is 5.69 Å². The highest BCUT2D eigenvalue weighted by atomic mass is 16.2. The zero-order valence-corrected chi connectivity index (χ0v) is 11.3. The molecule has 0 bridgehead atoms. The fraction of sp³-hybridized carbons (Fsp3) is 0.533. The molecule has 1 N–H and O–H groups in total. The molecule has 1 aromatic carbocycles. The molecule has 1 aromatic rings. The molecule has 0 radical (unpaired) electrons. The van der Waals surface area contributed by atoms with Crippen molar-refractivity contribution in [2.45, 2.75) is 26.2 Å². The van der Waals surface area contributed by atoms with E-state index >= 15 is 0 Å². The number of piperidine rings is 1. The van der Waals surface area contributed by atoms with Crippen LogP contribution in [0.15, 0.2) is 24.3 Å². The van der Waals surface area contributed by atoms with E-state index in [-0.39, 0.29) is 5.91 Å². The molecule has 2 rings (SSSR count). The van der Waals surface area contributed by atoms with Gasteiger partial charge < -0.3 is 10.2 Å². The van der Waals surface area contributed by atoms with Gasteiger partial charge in [0.25, 0.3) is 5.91 Å². The third-order valence-corrected chi connectivity index (χ3v) is 3.90. The maximum Gasteiger partial charge on any atom is 0.253 e. The van der Waals surface area contributed by atoms with E-state index in [9.17, 15) is 4.79 Å². The molecule has 3 heteroatoms. The molecule has 0 unspecified atom stereocenters. The summed E-state index contributed by atoms with van der Waals surface area (Å²) in [5.41, 5.74) is 1.83. The summed E-state index contributed by atoms with van der Waals surface area (Å²) in [7, 11) is 1.88. The number of hydrogen-bond donors (Lipinski definition) is 1. The third-order valence-electron chi connectivity index (χ3n) is 3.90. The molecular formula is C15H22N2O. The molecule has 0 spiro atoms. The Morgan fingerprint density at radius 2 is 1.89 bits per heavy atom. The Bertz CT molecular complexity index is 391. The summed E-state index contributed by atoms with van der Waals surface area (Å²) in [6.07, 6.45) is 3.53. The standard InChI is InChI=1S/C15H22N2O/c1-3-12-8-10-17(11-9-12)15(18)13-4-6-14(16-2)7-5-13/h4-7,12,16H,3,8-11H2,1-2H3. The molecule has 18 heavy (non-hydrogen) atoms. The predicted molar refractivity (Wildman–Crippen MR) is 74.9 cm³/mol. The summed E-state index contributed by atoms with van der Waals surface area (Å²) in [5, 5.41) is 3.06. The maximum atomic E-state index is 12.3. The third kappa shape index (κ3) is 2.84. The molecule has 0 saturated carbocycles. The zero-order chi connectivity index (χ0) is 13.0. The van der Waals surface area contributed by atoms with E-state index in [4.69, 9.17) is 0 Å². The van der Waals surface area contributed by atoms with E-state index in [0.717, 1.165) is 43.1 Å². The Balaban J connectivity index is 1.98. The largest absolute Gasteiger partial charge is 0.388 e. The lowest BCUT2D eigenvalue weighted by Gasteiger charge is -2.31. The minimum absolute atomic E-state index is 0.173. The predicted octanol–water partition coefficient (Wildman–Crippen LogP) is 2.99. The van der Waals surface area contributed by atoms with Crippen LogP contribution in [0.3, 0.4) is 0 Å². The quantitative estimate of drug-likeness (QED) is 0.889. The number of benzene rings is 1. The van der Waals surface area contributed by atoms with Crippen molar-refractivity contribution in [3.63, 3.8) is 0 Å². The molecule has 1 saturated heterocycles. The first-order valence-electron chi connectivity index (χ1n) is 6.81. The Morgan fingerprint density at radius 1 is 1.28 bits per heavy atom. The van der Waals surface area contributed by atoms with Crippen molar-refractivity contribution >= 4 is 11.6 Å². The van der Waals surface area contributed by atoms with E-state index in [0.29, 0.717) is 0 Å². The van der Waals surface area contributed by atoms with E-state index in [1.165, 1.54) is 6.42 Å². The van der Waals surface area contributed by atoms with Gasteiger partial charge in [0, 0.05) is 31.4 Å². The number of carbonyl (C=O) groups excluding carboxylic acids is 1. The van der Waals surface area contributed by atoms with Crippen molar-refractivity contribution in [3.8, 4) is 0 Å². The van der Waals surface area contributed by atoms with Crippen LogP contribution in [0, 0.1) is 5.92 Å². The normalized spacial score (nSPS) is 16.7. The van der Waals surface area contributed by atoms with Crippen LogP contribution in [-0.2, 0) is 0 Å². The summed E-state index contributed by atoms with van der Waals surface area (Å²) in [6.45, 7) is 4.05. The van der Waals surface area contributed by atoms with Crippen LogP contribution in [-0.4, -0.2) is 30.9 Å². The summed E-state index contributed by atoms with van der Waals surface area (Å²) in [4.78, 5) is 14.3. The van der Waals surface area contributed by atoms with E-state index in [1.54, 1.807) is 0 Å². The second kappa shape index (κ2) is 5.89. The first-order chi connectivity index (χ1) is 8.74. The number of rotatable bonds is 3. The van der Waals surface area contributed by atoms with Crippen LogP contribution >= 0.6 is 0 Å². The van der Waals surface area contributed by atoms with Crippen molar-refractivity contribution < 1.29 is 4.79 Å². The van der Waals surface area contributed by atoms with Crippen molar-refractivity contribution in [3.05, 3.63) is 29.8 Å². The molecule has 1 aliphatic heterocycles. The Morgan fingerprint density at radius 3 is 2.39 bits per heavy atom. The van der Waals surface area contributed by atoms with Gasteiger partial charge in [-0.05, 0) is 43.0 Å². The molecule has 0 aromatic heterocycles. The van der Waals surface area contributed by atoms with Gasteiger partial charge in [0.1, 0.15) is 0 Å². The van der Waals surface area contributed by atoms with Gasteiger partial charge in [-0.2, -0.15) is 0 Å². The van der Waals surface area contributed by atoms with Gasteiger partial charge in [0.15, 0.2) is 0 Å². The van der Waals surface area contributed by atoms with Crippen molar-refractivity contribution in [2.75, 3.05) is 25.5 Å².